The van der Waals surface area contributed by atoms with Gasteiger partial charge in [-0.15, -0.1) is 0 Å². The van der Waals surface area contributed by atoms with Gasteiger partial charge >= 0.3 is 0 Å². The van der Waals surface area contributed by atoms with Crippen LogP contribution >= 0.6 is 23.3 Å². The molecule has 1 aliphatic carbocycles. The Morgan fingerprint density at radius 3 is 3.00 bits per heavy atom. The molecule has 1 aromatic heterocycles. The number of ether oxygens (including phenoxy) is 1. The van der Waals surface area contributed by atoms with Gasteiger partial charge in [0.15, 0.2) is 4.34 Å². The number of aromatic nitrogens is 2. The quantitative estimate of drug-likeness (QED) is 0.917. The Morgan fingerprint density at radius 1 is 1.48 bits per heavy atom. The summed E-state index contributed by atoms with van der Waals surface area (Å²) in [5, 5.41) is 3.90. The molecule has 2 aromatic rings. The monoisotopic (exact) mass is 321 g/mol. The number of nitrogens with one attached hydrogen (secondary N) is 1. The van der Waals surface area contributed by atoms with E-state index < -0.39 is 0 Å². The molecule has 1 heterocycles. The Balaban J connectivity index is 1.81. The molecule has 0 saturated heterocycles. The number of thioether (sulfide) groups is 1. The first-order valence-electron chi connectivity index (χ1n) is 7.08. The zero-order chi connectivity index (χ0) is 14.8. The molecule has 0 bridgehead atoms. The Morgan fingerprint density at radius 2 is 2.33 bits per heavy atom. The summed E-state index contributed by atoms with van der Waals surface area (Å²) in [5.41, 5.74) is 2.74. The van der Waals surface area contributed by atoms with Crippen molar-refractivity contribution in [3.8, 4) is 5.75 Å². The number of nitrogens with zero attached hydrogens (tertiary/aromatic N) is 2. The van der Waals surface area contributed by atoms with Crippen LogP contribution in [0, 0.1) is 0 Å². The summed E-state index contributed by atoms with van der Waals surface area (Å²) in [4.78, 5) is 4.58. The number of aryl methyl sites for hydroxylation is 1. The number of fused-ring (bicyclic) bond motifs is 1. The van der Waals surface area contributed by atoms with E-state index in [2.05, 4.69) is 33.7 Å². The predicted molar refractivity (Wildman–Crippen MR) is 87.4 cm³/mol. The average molecular weight is 321 g/mol. The van der Waals surface area contributed by atoms with Crippen molar-refractivity contribution in [2.45, 2.75) is 35.4 Å². The van der Waals surface area contributed by atoms with Gasteiger partial charge in [0, 0.05) is 17.7 Å². The molecule has 1 N–H and O–H groups in total. The van der Waals surface area contributed by atoms with Crippen molar-refractivity contribution in [1.82, 2.24) is 14.7 Å². The summed E-state index contributed by atoms with van der Waals surface area (Å²) < 4.78 is 10.8. The van der Waals surface area contributed by atoms with Gasteiger partial charge in [0.1, 0.15) is 11.6 Å². The van der Waals surface area contributed by atoms with Crippen LogP contribution in [0.1, 0.15) is 29.9 Å². The summed E-state index contributed by atoms with van der Waals surface area (Å²) in [6.45, 7) is 2.09. The fraction of sp³-hybridized carbons (Fsp3) is 0.467. The van der Waals surface area contributed by atoms with Gasteiger partial charge in [-0.25, -0.2) is 4.98 Å². The van der Waals surface area contributed by atoms with Crippen LogP contribution in [0.4, 0.5) is 0 Å². The summed E-state index contributed by atoms with van der Waals surface area (Å²) in [7, 11) is 3.73. The van der Waals surface area contributed by atoms with Crippen LogP contribution in [-0.2, 0) is 12.8 Å². The molecule has 0 radical (unpaired) electrons. The summed E-state index contributed by atoms with van der Waals surface area (Å²) in [6, 6.07) is 6.69. The van der Waals surface area contributed by atoms with E-state index in [1.807, 2.05) is 24.9 Å². The number of hydrogen-bond acceptors (Lipinski definition) is 6. The highest BCUT2D eigenvalue weighted by Crippen LogP contribution is 2.42. The lowest BCUT2D eigenvalue weighted by Crippen LogP contribution is -2.23. The maximum atomic E-state index is 5.35. The minimum Gasteiger partial charge on any atom is -0.497 e. The number of hydrogen-bond donors (Lipinski definition) is 1. The van der Waals surface area contributed by atoms with E-state index in [0.717, 1.165) is 28.8 Å². The third kappa shape index (κ3) is 2.93. The summed E-state index contributed by atoms with van der Waals surface area (Å²) >= 11 is 3.34. The molecule has 0 saturated carbocycles. The molecule has 0 spiro atoms. The van der Waals surface area contributed by atoms with Crippen LogP contribution in [0.15, 0.2) is 22.5 Å². The minimum atomic E-state index is 0.328. The molecule has 0 fully saturated rings. The lowest BCUT2D eigenvalue weighted by molar-refractivity contribution is 0.413. The summed E-state index contributed by atoms with van der Waals surface area (Å²) in [5.74, 6) is 1.87. The fourth-order valence-electron chi connectivity index (χ4n) is 2.72. The molecule has 21 heavy (non-hydrogen) atoms. The number of rotatable bonds is 5. The van der Waals surface area contributed by atoms with Gasteiger partial charge in [0.2, 0.25) is 0 Å². The highest BCUT2D eigenvalue weighted by molar-refractivity contribution is 8.01. The van der Waals surface area contributed by atoms with E-state index in [1.54, 1.807) is 7.11 Å². The first kappa shape index (κ1) is 14.8. The number of methoxy groups -OCH3 is 1. The lowest BCUT2D eigenvalue weighted by Gasteiger charge is -2.18. The van der Waals surface area contributed by atoms with Crippen LogP contribution in [0.25, 0.3) is 0 Å². The van der Waals surface area contributed by atoms with Crippen LogP contribution in [-0.4, -0.2) is 28.8 Å². The second-order valence-corrected chi connectivity index (χ2v) is 7.26. The van der Waals surface area contributed by atoms with Gasteiger partial charge < -0.3 is 10.1 Å². The van der Waals surface area contributed by atoms with E-state index in [9.17, 15) is 0 Å². The standard InChI is InChI=1S/C15H19N3OS2/c1-4-13-17-15(21-18-13)20-12-7-9-5-6-10(19-3)8-11(9)14(12)16-2/h5-6,8,12,14,16H,4,7H2,1-3H3. The molecule has 0 amide bonds. The largest absolute Gasteiger partial charge is 0.497 e. The van der Waals surface area contributed by atoms with Gasteiger partial charge in [-0.05, 0) is 48.3 Å². The first-order chi connectivity index (χ1) is 10.2. The van der Waals surface area contributed by atoms with Gasteiger partial charge in [0.05, 0.1) is 7.11 Å². The van der Waals surface area contributed by atoms with Crippen molar-refractivity contribution in [2.24, 2.45) is 0 Å². The van der Waals surface area contributed by atoms with Crippen LogP contribution in [0.2, 0.25) is 0 Å². The van der Waals surface area contributed by atoms with E-state index in [1.165, 1.54) is 22.7 Å². The van der Waals surface area contributed by atoms with Gasteiger partial charge in [0.25, 0.3) is 0 Å². The molecular formula is C15H19N3OS2. The van der Waals surface area contributed by atoms with E-state index in [-0.39, 0.29) is 0 Å². The molecule has 3 rings (SSSR count). The van der Waals surface area contributed by atoms with Gasteiger partial charge in [-0.2, -0.15) is 4.37 Å². The van der Waals surface area contributed by atoms with Crippen molar-refractivity contribution in [3.63, 3.8) is 0 Å². The third-order valence-electron chi connectivity index (χ3n) is 3.81. The highest BCUT2D eigenvalue weighted by Gasteiger charge is 2.33. The van der Waals surface area contributed by atoms with Crippen molar-refractivity contribution < 1.29 is 4.74 Å². The highest BCUT2D eigenvalue weighted by atomic mass is 32.2. The Bertz CT molecular complexity index is 629. The molecule has 0 aliphatic heterocycles. The molecule has 2 atom stereocenters. The average Bonchev–Trinajstić information content (AvgIpc) is 3.10. The molecular weight excluding hydrogens is 302 g/mol. The Labute approximate surface area is 133 Å². The SMILES string of the molecule is CCc1nsc(SC2Cc3ccc(OC)cc3C2NC)n1. The van der Waals surface area contributed by atoms with E-state index in [0.29, 0.717) is 11.3 Å². The molecule has 4 nitrogen and oxygen atoms in total. The zero-order valence-electron chi connectivity index (χ0n) is 12.4. The zero-order valence-corrected chi connectivity index (χ0v) is 14.1. The smallest absolute Gasteiger partial charge is 0.170 e. The summed E-state index contributed by atoms with van der Waals surface area (Å²) in [6.07, 6.45) is 1.95. The minimum absolute atomic E-state index is 0.328. The Kier molecular flexibility index (Phi) is 4.47. The number of benzene rings is 1. The first-order valence-corrected chi connectivity index (χ1v) is 8.73. The van der Waals surface area contributed by atoms with E-state index >= 15 is 0 Å². The molecule has 1 aromatic carbocycles. The second-order valence-electron chi connectivity index (χ2n) is 5.02. The molecule has 1 aliphatic rings. The van der Waals surface area contributed by atoms with Crippen molar-refractivity contribution in [2.75, 3.05) is 14.2 Å². The van der Waals surface area contributed by atoms with Gasteiger partial charge in [-0.3, -0.25) is 0 Å². The molecule has 112 valence electrons. The predicted octanol–water partition coefficient (Wildman–Crippen LogP) is 3.09. The fourth-order valence-corrected chi connectivity index (χ4v) is 4.97. The second kappa shape index (κ2) is 6.34. The maximum absolute atomic E-state index is 5.35. The molecule has 6 heteroatoms. The normalized spacial score (nSPS) is 20.5. The topological polar surface area (TPSA) is 47.0 Å². The van der Waals surface area contributed by atoms with Crippen LogP contribution in [0.5, 0.6) is 5.75 Å². The van der Waals surface area contributed by atoms with Crippen LogP contribution < -0.4 is 10.1 Å². The van der Waals surface area contributed by atoms with Crippen molar-refractivity contribution >= 4 is 23.3 Å². The third-order valence-corrected chi connectivity index (χ3v) is 5.91. The molecule has 2 unspecified atom stereocenters. The lowest BCUT2D eigenvalue weighted by atomic mass is 10.1. The van der Waals surface area contributed by atoms with Gasteiger partial charge in [-0.1, -0.05) is 24.8 Å². The van der Waals surface area contributed by atoms with Crippen molar-refractivity contribution in [3.05, 3.63) is 35.2 Å². The van der Waals surface area contributed by atoms with Crippen molar-refractivity contribution in [1.29, 1.82) is 0 Å². The maximum Gasteiger partial charge on any atom is 0.170 e. The van der Waals surface area contributed by atoms with Crippen LogP contribution in [0.3, 0.4) is 0 Å². The van der Waals surface area contributed by atoms with E-state index in [4.69, 9.17) is 4.74 Å². The Hall–Kier alpha value is -1.11.